The van der Waals surface area contributed by atoms with Gasteiger partial charge in [0.2, 0.25) is 0 Å². The molecule has 0 amide bonds. The van der Waals surface area contributed by atoms with Gasteiger partial charge in [-0.05, 0) is 29.9 Å². The number of nitrogens with zero attached hydrogens (tertiary/aromatic N) is 1. The quantitative estimate of drug-likeness (QED) is 0.281. The third-order valence-electron chi connectivity index (χ3n) is 4.74. The van der Waals surface area contributed by atoms with Gasteiger partial charge in [0.15, 0.2) is 10.9 Å². The van der Waals surface area contributed by atoms with Crippen molar-refractivity contribution in [2.75, 3.05) is 5.01 Å². The molecule has 0 heterocycles. The van der Waals surface area contributed by atoms with Gasteiger partial charge in [-0.15, -0.1) is 0 Å². The van der Waals surface area contributed by atoms with Crippen LogP contribution in [0.5, 0.6) is 0 Å². The maximum absolute atomic E-state index is 12.4. The van der Waals surface area contributed by atoms with Crippen LogP contribution < -0.4 is 15.8 Å². The number of hydrogen-bond acceptors (Lipinski definition) is 7. The zero-order valence-corrected chi connectivity index (χ0v) is 16.2. The summed E-state index contributed by atoms with van der Waals surface area (Å²) in [7, 11) is 0. The second-order valence-corrected chi connectivity index (χ2v) is 7.13. The van der Waals surface area contributed by atoms with E-state index in [0.717, 1.165) is 5.56 Å². The van der Waals surface area contributed by atoms with Crippen LogP contribution in [0.3, 0.4) is 0 Å². The van der Waals surface area contributed by atoms with Crippen LogP contribution in [-0.4, -0.2) is 61.8 Å². The van der Waals surface area contributed by atoms with Crippen molar-refractivity contribution in [2.24, 2.45) is 0 Å². The zero-order chi connectivity index (χ0) is 21.0. The fourth-order valence-electron chi connectivity index (χ4n) is 3.07. The molecule has 8 nitrogen and oxygen atoms in total. The molecule has 0 saturated heterocycles. The predicted octanol–water partition coefficient (Wildman–Crippen LogP) is -0.533. The van der Waals surface area contributed by atoms with Crippen molar-refractivity contribution in [3.8, 4) is 0 Å². The number of benzene rings is 2. The van der Waals surface area contributed by atoms with E-state index in [-0.39, 0.29) is 5.11 Å². The van der Waals surface area contributed by atoms with Gasteiger partial charge < -0.3 is 25.7 Å². The second kappa shape index (κ2) is 9.40. The number of para-hydroxylation sites is 1. The number of carbonyl (C=O) groups is 1. The first-order valence-electron chi connectivity index (χ1n) is 9.09. The number of hydrazine groups is 1. The summed E-state index contributed by atoms with van der Waals surface area (Å²) in [6.07, 6.45) is -6.91. The summed E-state index contributed by atoms with van der Waals surface area (Å²) >= 11 is 5.47. The summed E-state index contributed by atoms with van der Waals surface area (Å²) in [5.74, 6) is -0.845. The standard InChI is InChI=1S/C20H23N3O5S/c24-15-14(16(25)18(27)19(28)17(15)26)22-23(13-9-5-2-6-10-13)20(29)21-11-12-7-3-1-4-8-12/h1-10,14-15,17-19,22,24,26-28H,11H2,(H,21,29)/t14?,15-,17+,18+,19-/m0/s1. The Morgan fingerprint density at radius 2 is 1.48 bits per heavy atom. The molecule has 1 aliphatic carbocycles. The summed E-state index contributed by atoms with van der Waals surface area (Å²) in [6, 6.07) is 17.0. The highest BCUT2D eigenvalue weighted by Crippen LogP contribution is 2.20. The smallest absolute Gasteiger partial charge is 0.188 e. The SMILES string of the molecule is O=C1C(NN(C(=S)NCc2ccccc2)c2ccccc2)[C@H](O)[C@@H](O)[C@H](O)[C@@H]1O. The molecule has 5 atom stereocenters. The number of aliphatic hydroxyl groups excluding tert-OH is 4. The topological polar surface area (TPSA) is 125 Å². The van der Waals surface area contributed by atoms with E-state index in [2.05, 4.69) is 10.7 Å². The summed E-state index contributed by atoms with van der Waals surface area (Å²) in [5.41, 5.74) is 4.36. The van der Waals surface area contributed by atoms with Gasteiger partial charge in [-0.2, -0.15) is 0 Å². The Bertz CT molecular complexity index is 839. The van der Waals surface area contributed by atoms with E-state index in [1.54, 1.807) is 24.3 Å². The number of ketones is 1. The molecule has 1 unspecified atom stereocenters. The van der Waals surface area contributed by atoms with Crippen LogP contribution in [0, 0.1) is 0 Å². The molecule has 6 N–H and O–H groups in total. The number of carbonyl (C=O) groups excluding carboxylic acids is 1. The molecular formula is C20H23N3O5S. The van der Waals surface area contributed by atoms with E-state index in [1.165, 1.54) is 5.01 Å². The lowest BCUT2D eigenvalue weighted by atomic mass is 9.85. The number of aliphatic hydroxyl groups is 4. The number of Topliss-reactive ketones (excluding diaryl/α,β-unsaturated/α-hetero) is 1. The second-order valence-electron chi connectivity index (χ2n) is 6.74. The molecule has 2 aromatic carbocycles. The molecule has 0 aliphatic heterocycles. The van der Waals surface area contributed by atoms with Crippen LogP contribution in [-0.2, 0) is 11.3 Å². The zero-order valence-electron chi connectivity index (χ0n) is 15.4. The van der Waals surface area contributed by atoms with Gasteiger partial charge in [-0.25, -0.2) is 5.43 Å². The van der Waals surface area contributed by atoms with Gasteiger partial charge in [0, 0.05) is 6.54 Å². The van der Waals surface area contributed by atoms with E-state index in [0.29, 0.717) is 12.2 Å². The third kappa shape index (κ3) is 4.78. The number of thiocarbonyl (C=S) groups is 1. The number of anilines is 1. The average molecular weight is 417 g/mol. The first kappa shape index (κ1) is 21.3. The van der Waals surface area contributed by atoms with Gasteiger partial charge in [0.1, 0.15) is 30.5 Å². The largest absolute Gasteiger partial charge is 0.388 e. The Kier molecular flexibility index (Phi) is 6.91. The van der Waals surface area contributed by atoms with Crippen LogP contribution in [0.1, 0.15) is 5.56 Å². The highest BCUT2D eigenvalue weighted by Gasteiger charge is 2.48. The molecule has 0 aromatic heterocycles. The number of rotatable bonds is 5. The maximum Gasteiger partial charge on any atom is 0.188 e. The van der Waals surface area contributed by atoms with Crippen molar-refractivity contribution in [3.05, 3.63) is 66.2 Å². The maximum atomic E-state index is 12.4. The molecule has 0 radical (unpaired) electrons. The minimum Gasteiger partial charge on any atom is -0.388 e. The van der Waals surface area contributed by atoms with Crippen LogP contribution in [0.2, 0.25) is 0 Å². The van der Waals surface area contributed by atoms with Crippen molar-refractivity contribution < 1.29 is 25.2 Å². The lowest BCUT2D eigenvalue weighted by Crippen LogP contribution is -2.69. The average Bonchev–Trinajstić information content (AvgIpc) is 2.76. The van der Waals surface area contributed by atoms with Gasteiger partial charge in [-0.1, -0.05) is 48.5 Å². The molecule has 1 aliphatic rings. The molecular weight excluding hydrogens is 394 g/mol. The molecule has 29 heavy (non-hydrogen) atoms. The van der Waals surface area contributed by atoms with E-state index in [9.17, 15) is 25.2 Å². The van der Waals surface area contributed by atoms with Crippen LogP contribution in [0.25, 0.3) is 0 Å². The normalized spacial score (nSPS) is 26.8. The number of nitrogens with one attached hydrogen (secondary N) is 2. The van der Waals surface area contributed by atoms with Crippen molar-refractivity contribution in [1.29, 1.82) is 0 Å². The van der Waals surface area contributed by atoms with E-state index in [1.807, 2.05) is 36.4 Å². The lowest BCUT2D eigenvalue weighted by molar-refractivity contribution is -0.168. The Morgan fingerprint density at radius 1 is 0.897 bits per heavy atom. The van der Waals surface area contributed by atoms with E-state index < -0.39 is 36.2 Å². The molecule has 154 valence electrons. The van der Waals surface area contributed by atoms with Crippen LogP contribution in [0.15, 0.2) is 60.7 Å². The van der Waals surface area contributed by atoms with Crippen molar-refractivity contribution >= 4 is 28.8 Å². The van der Waals surface area contributed by atoms with Crippen molar-refractivity contribution in [1.82, 2.24) is 10.7 Å². The molecule has 9 heteroatoms. The molecule has 0 spiro atoms. The Morgan fingerprint density at radius 3 is 2.10 bits per heavy atom. The summed E-state index contributed by atoms with van der Waals surface area (Å²) < 4.78 is 0. The Balaban J connectivity index is 1.80. The summed E-state index contributed by atoms with van der Waals surface area (Å²) in [4.78, 5) is 12.4. The fourth-order valence-corrected chi connectivity index (χ4v) is 3.30. The molecule has 1 fully saturated rings. The highest BCUT2D eigenvalue weighted by atomic mass is 32.1. The minimum absolute atomic E-state index is 0.218. The van der Waals surface area contributed by atoms with Crippen LogP contribution in [0.4, 0.5) is 5.69 Å². The first-order valence-corrected chi connectivity index (χ1v) is 9.50. The molecule has 0 bridgehead atoms. The highest BCUT2D eigenvalue weighted by molar-refractivity contribution is 7.80. The van der Waals surface area contributed by atoms with Crippen molar-refractivity contribution in [3.63, 3.8) is 0 Å². The monoisotopic (exact) mass is 417 g/mol. The van der Waals surface area contributed by atoms with E-state index in [4.69, 9.17) is 12.2 Å². The van der Waals surface area contributed by atoms with Gasteiger partial charge in [-0.3, -0.25) is 9.80 Å². The third-order valence-corrected chi connectivity index (χ3v) is 5.06. The number of hydrogen-bond donors (Lipinski definition) is 6. The fraction of sp³-hybridized carbons (Fsp3) is 0.300. The van der Waals surface area contributed by atoms with Crippen LogP contribution >= 0.6 is 12.2 Å². The minimum atomic E-state index is -1.82. The Labute approximate surface area is 173 Å². The van der Waals surface area contributed by atoms with Gasteiger partial charge in [0.05, 0.1) is 5.69 Å². The predicted molar refractivity (Wildman–Crippen MR) is 111 cm³/mol. The molecule has 2 aromatic rings. The first-order chi connectivity index (χ1) is 13.9. The Hall–Kier alpha value is -2.40. The molecule has 3 rings (SSSR count). The van der Waals surface area contributed by atoms with Crippen molar-refractivity contribution in [2.45, 2.75) is 37.0 Å². The van der Waals surface area contributed by atoms with Gasteiger partial charge in [0.25, 0.3) is 0 Å². The van der Waals surface area contributed by atoms with E-state index >= 15 is 0 Å². The summed E-state index contributed by atoms with van der Waals surface area (Å²) in [5, 5.41) is 44.5. The molecule has 1 saturated carbocycles. The summed E-state index contributed by atoms with van der Waals surface area (Å²) in [6.45, 7) is 0.426. The lowest BCUT2D eigenvalue weighted by Gasteiger charge is -2.40. The van der Waals surface area contributed by atoms with Gasteiger partial charge >= 0.3 is 0 Å².